The highest BCUT2D eigenvalue weighted by atomic mass is 19.4. The number of nitrogens with zero attached hydrogens (tertiary/aromatic N) is 6. The number of pyridine rings is 1. The molecule has 0 saturated carbocycles. The minimum absolute atomic E-state index is 0.000788. The molecule has 0 spiro atoms. The maximum atomic E-state index is 13.0. The fourth-order valence-corrected chi connectivity index (χ4v) is 3.46. The number of hydrogen-bond donors (Lipinski definition) is 0. The fraction of sp³-hybridized carbons (Fsp3) is 0.412. The van der Waals surface area contributed by atoms with E-state index in [0.29, 0.717) is 30.0 Å². The van der Waals surface area contributed by atoms with Crippen molar-refractivity contribution in [1.29, 1.82) is 0 Å². The summed E-state index contributed by atoms with van der Waals surface area (Å²) >= 11 is 0. The van der Waals surface area contributed by atoms with Crippen LogP contribution in [0.25, 0.3) is 5.65 Å². The second-order valence-corrected chi connectivity index (χ2v) is 6.72. The van der Waals surface area contributed by atoms with Crippen molar-refractivity contribution >= 4 is 11.5 Å². The molecule has 9 heteroatoms. The molecule has 0 aromatic carbocycles. The summed E-state index contributed by atoms with van der Waals surface area (Å²) in [4.78, 5) is 6.08. The maximum absolute atomic E-state index is 13.0. The van der Waals surface area contributed by atoms with Crippen LogP contribution in [0.5, 0.6) is 0 Å². The summed E-state index contributed by atoms with van der Waals surface area (Å²) in [6.07, 6.45) is -1.96. The standard InChI is InChI=1S/C17H17F3N6/c1-9-6-25(7-12-4-13(17(18,19)20)5-21-14(9)12)16-11(3)10(2)15-23-22-8-26(15)24-16/h4-5,8-9H,6-7H2,1-3H3. The predicted molar refractivity (Wildman–Crippen MR) is 89.0 cm³/mol. The Morgan fingerprint density at radius 1 is 1.19 bits per heavy atom. The van der Waals surface area contributed by atoms with Crippen molar-refractivity contribution in [3.05, 3.63) is 46.5 Å². The molecule has 0 amide bonds. The summed E-state index contributed by atoms with van der Waals surface area (Å²) in [5, 5.41) is 12.5. The van der Waals surface area contributed by atoms with Gasteiger partial charge in [-0.3, -0.25) is 4.98 Å². The van der Waals surface area contributed by atoms with Crippen molar-refractivity contribution in [3.63, 3.8) is 0 Å². The van der Waals surface area contributed by atoms with Crippen molar-refractivity contribution < 1.29 is 13.2 Å². The normalized spacial score (nSPS) is 17.6. The largest absolute Gasteiger partial charge is 0.417 e. The minimum atomic E-state index is -4.40. The molecule has 4 rings (SSSR count). The number of anilines is 1. The number of aryl methyl sites for hydroxylation is 1. The zero-order chi connectivity index (χ0) is 18.6. The van der Waals surface area contributed by atoms with E-state index in [1.165, 1.54) is 12.4 Å². The smallest absolute Gasteiger partial charge is 0.350 e. The van der Waals surface area contributed by atoms with E-state index in [-0.39, 0.29) is 5.92 Å². The molecule has 1 aliphatic rings. The molecular formula is C17H17F3N6. The molecule has 1 unspecified atom stereocenters. The van der Waals surface area contributed by atoms with Gasteiger partial charge in [-0.25, -0.2) is 0 Å². The highest BCUT2D eigenvalue weighted by molar-refractivity contribution is 5.59. The van der Waals surface area contributed by atoms with Gasteiger partial charge in [0.05, 0.1) is 5.56 Å². The van der Waals surface area contributed by atoms with E-state index in [9.17, 15) is 13.2 Å². The number of aromatic nitrogens is 5. The zero-order valence-corrected chi connectivity index (χ0v) is 14.5. The minimum Gasteiger partial charge on any atom is -0.350 e. The molecule has 4 heterocycles. The van der Waals surface area contributed by atoms with Crippen LogP contribution in [0.3, 0.4) is 0 Å². The van der Waals surface area contributed by atoms with Crippen molar-refractivity contribution in [1.82, 2.24) is 24.8 Å². The van der Waals surface area contributed by atoms with Crippen LogP contribution in [0.1, 0.15) is 40.8 Å². The zero-order valence-electron chi connectivity index (χ0n) is 14.5. The van der Waals surface area contributed by atoms with Gasteiger partial charge in [0.15, 0.2) is 11.5 Å². The summed E-state index contributed by atoms with van der Waals surface area (Å²) < 4.78 is 40.7. The van der Waals surface area contributed by atoms with Gasteiger partial charge in [-0.2, -0.15) is 17.7 Å². The fourth-order valence-electron chi connectivity index (χ4n) is 3.46. The SMILES string of the molecule is Cc1c(N2Cc3cc(C(F)(F)F)cnc3C(C)C2)nn2cnnc2c1C. The number of rotatable bonds is 1. The van der Waals surface area contributed by atoms with Crippen LogP contribution in [-0.4, -0.2) is 31.3 Å². The van der Waals surface area contributed by atoms with Gasteiger partial charge in [-0.15, -0.1) is 15.3 Å². The van der Waals surface area contributed by atoms with E-state index in [0.717, 1.165) is 23.1 Å². The summed E-state index contributed by atoms with van der Waals surface area (Å²) in [7, 11) is 0. The lowest BCUT2D eigenvalue weighted by atomic mass is 9.95. The van der Waals surface area contributed by atoms with Crippen molar-refractivity contribution in [2.45, 2.75) is 39.4 Å². The highest BCUT2D eigenvalue weighted by Crippen LogP contribution is 2.35. The molecule has 0 bridgehead atoms. The molecule has 3 aromatic heterocycles. The Hall–Kier alpha value is -2.71. The summed E-state index contributed by atoms with van der Waals surface area (Å²) in [5.41, 5.74) is 3.16. The molecule has 26 heavy (non-hydrogen) atoms. The Labute approximate surface area is 147 Å². The number of halogens is 3. The topological polar surface area (TPSA) is 59.2 Å². The first-order valence-corrected chi connectivity index (χ1v) is 8.24. The predicted octanol–water partition coefficient (Wildman–Crippen LogP) is 3.28. The van der Waals surface area contributed by atoms with Crippen molar-refractivity contribution in [2.75, 3.05) is 11.4 Å². The lowest BCUT2D eigenvalue weighted by Gasteiger charge is -2.34. The van der Waals surface area contributed by atoms with Crippen LogP contribution in [0.4, 0.5) is 19.0 Å². The van der Waals surface area contributed by atoms with Gasteiger partial charge in [-0.05, 0) is 25.5 Å². The molecule has 0 radical (unpaired) electrons. The van der Waals surface area contributed by atoms with Gasteiger partial charge in [0.1, 0.15) is 6.33 Å². The molecule has 0 fully saturated rings. The van der Waals surface area contributed by atoms with Crippen LogP contribution in [0, 0.1) is 13.8 Å². The van der Waals surface area contributed by atoms with E-state index >= 15 is 0 Å². The van der Waals surface area contributed by atoms with Crippen LogP contribution < -0.4 is 4.90 Å². The molecule has 6 nitrogen and oxygen atoms in total. The molecule has 1 atom stereocenters. The third-order valence-corrected chi connectivity index (χ3v) is 4.92. The molecule has 136 valence electrons. The van der Waals surface area contributed by atoms with Gasteiger partial charge in [-0.1, -0.05) is 6.92 Å². The van der Waals surface area contributed by atoms with E-state index in [1.54, 1.807) is 4.52 Å². The first kappa shape index (κ1) is 16.7. The second kappa shape index (κ2) is 5.65. The summed E-state index contributed by atoms with van der Waals surface area (Å²) in [5.74, 6) is 0.726. The Morgan fingerprint density at radius 2 is 1.96 bits per heavy atom. The van der Waals surface area contributed by atoms with Crippen LogP contribution in [0.2, 0.25) is 0 Å². The van der Waals surface area contributed by atoms with Crippen LogP contribution >= 0.6 is 0 Å². The lowest BCUT2D eigenvalue weighted by Crippen LogP contribution is -2.35. The van der Waals surface area contributed by atoms with Gasteiger partial charge < -0.3 is 4.90 Å². The lowest BCUT2D eigenvalue weighted by molar-refractivity contribution is -0.137. The highest BCUT2D eigenvalue weighted by Gasteiger charge is 2.34. The third kappa shape index (κ3) is 2.58. The average Bonchev–Trinajstić information content (AvgIpc) is 3.05. The number of hydrogen-bond acceptors (Lipinski definition) is 5. The maximum Gasteiger partial charge on any atom is 0.417 e. The molecule has 1 aliphatic heterocycles. The van der Waals surface area contributed by atoms with Gasteiger partial charge in [0, 0.05) is 42.0 Å². The van der Waals surface area contributed by atoms with Crippen LogP contribution in [0.15, 0.2) is 18.6 Å². The number of fused-ring (bicyclic) bond motifs is 2. The molecule has 0 saturated heterocycles. The average molecular weight is 362 g/mol. The third-order valence-electron chi connectivity index (χ3n) is 4.92. The van der Waals surface area contributed by atoms with E-state index in [1.807, 2.05) is 25.7 Å². The van der Waals surface area contributed by atoms with Crippen molar-refractivity contribution in [3.8, 4) is 0 Å². The van der Waals surface area contributed by atoms with Gasteiger partial charge in [0.2, 0.25) is 0 Å². The second-order valence-electron chi connectivity index (χ2n) is 6.72. The van der Waals surface area contributed by atoms with Gasteiger partial charge in [0.25, 0.3) is 0 Å². The Morgan fingerprint density at radius 3 is 2.69 bits per heavy atom. The van der Waals surface area contributed by atoms with E-state index < -0.39 is 11.7 Å². The first-order valence-electron chi connectivity index (χ1n) is 8.24. The van der Waals surface area contributed by atoms with Crippen molar-refractivity contribution in [2.24, 2.45) is 0 Å². The monoisotopic (exact) mass is 362 g/mol. The quantitative estimate of drug-likeness (QED) is 0.665. The van der Waals surface area contributed by atoms with E-state index in [2.05, 4.69) is 20.3 Å². The number of alkyl halides is 3. The molecular weight excluding hydrogens is 345 g/mol. The van der Waals surface area contributed by atoms with Gasteiger partial charge >= 0.3 is 6.18 Å². The molecule has 3 aromatic rings. The summed E-state index contributed by atoms with van der Waals surface area (Å²) in [6, 6.07) is 1.20. The van der Waals surface area contributed by atoms with Crippen LogP contribution in [-0.2, 0) is 12.7 Å². The molecule has 0 aliphatic carbocycles. The van der Waals surface area contributed by atoms with E-state index in [4.69, 9.17) is 0 Å². The Balaban J connectivity index is 1.78. The Bertz CT molecular complexity index is 994. The molecule has 0 N–H and O–H groups in total. The Kier molecular flexibility index (Phi) is 3.64. The summed E-state index contributed by atoms with van der Waals surface area (Å²) in [6.45, 7) is 6.81. The first-order chi connectivity index (χ1) is 12.3.